The van der Waals surface area contributed by atoms with Crippen molar-refractivity contribution in [2.75, 3.05) is 59.5 Å². The molecule has 28 N–H and O–H groups in total. The predicted molar refractivity (Wildman–Crippen MR) is 326 cm³/mol. The van der Waals surface area contributed by atoms with Gasteiger partial charge in [0.25, 0.3) is 0 Å². The Labute approximate surface area is 605 Å². The maximum Gasteiger partial charge on any atom is 0.217 e. The van der Waals surface area contributed by atoms with Crippen LogP contribution in [0.4, 0.5) is 0 Å². The molecule has 3 amide bonds. The minimum absolute atomic E-state index is 0.798. The number of hydrogen-bond donors (Lipinski definition) is 28. The Hall–Kier alpha value is -3.27. The molecule has 9 heterocycles. The molecule has 0 saturated carbocycles. The number of carbonyl (C=O) groups is 3. The van der Waals surface area contributed by atoms with Crippen LogP contribution in [-0.4, -0.2) is 475 Å². The molecule has 0 radical (unpaired) electrons. The molecule has 9 aliphatic rings. The van der Waals surface area contributed by atoms with Crippen molar-refractivity contribution in [1.82, 2.24) is 16.0 Å². The van der Waals surface area contributed by atoms with Crippen LogP contribution in [0, 0.1) is 0 Å². The zero-order chi connectivity index (χ0) is 78.6. The van der Waals surface area contributed by atoms with Gasteiger partial charge in [0.05, 0.1) is 59.5 Å². The average molecular weight is 1570 g/mol. The molecule has 0 aliphatic carbocycles. The summed E-state index contributed by atoms with van der Waals surface area (Å²) in [6.07, 6.45) is -86.7. The normalized spacial score (nSPS) is 50.0. The van der Waals surface area contributed by atoms with Crippen molar-refractivity contribution in [2.45, 2.75) is 291 Å². The van der Waals surface area contributed by atoms with E-state index in [2.05, 4.69) is 16.0 Å². The summed E-state index contributed by atoms with van der Waals surface area (Å²) in [4.78, 5) is 37.9. The minimum atomic E-state index is -2.53. The fourth-order valence-corrected chi connectivity index (χ4v) is 13.6. The largest absolute Gasteiger partial charge is 0.394 e. The van der Waals surface area contributed by atoms with Crippen LogP contribution in [0.1, 0.15) is 20.8 Å². The van der Waals surface area contributed by atoms with E-state index in [-0.39, 0.29) is 0 Å². The molecule has 0 unspecified atom stereocenters. The monoisotopic (exact) mass is 1570 g/mol. The summed E-state index contributed by atoms with van der Waals surface area (Å²) in [6.45, 7) is -6.67. The van der Waals surface area contributed by atoms with Crippen molar-refractivity contribution in [3.8, 4) is 0 Å². The Morgan fingerprint density at radius 2 is 0.617 bits per heavy atom. The average Bonchev–Trinajstić information content (AvgIpc) is 0.760. The molecule has 44 atom stereocenters. The van der Waals surface area contributed by atoms with Gasteiger partial charge in [-0.05, 0) is 0 Å². The van der Waals surface area contributed by atoms with E-state index in [0.717, 1.165) is 20.8 Å². The Morgan fingerprint density at radius 3 is 1.14 bits per heavy atom. The van der Waals surface area contributed by atoms with Gasteiger partial charge >= 0.3 is 0 Å². The highest BCUT2D eigenvalue weighted by Crippen LogP contribution is 2.40. The van der Waals surface area contributed by atoms with E-state index >= 15 is 0 Å². The number of amides is 3. The zero-order valence-electron chi connectivity index (χ0n) is 57.1. The number of nitrogens with one attached hydrogen (secondary N) is 3. The molecule has 48 heteroatoms. The van der Waals surface area contributed by atoms with Crippen molar-refractivity contribution < 1.29 is 223 Å². The summed E-state index contributed by atoms with van der Waals surface area (Å²) in [5, 5.41) is 284. The third-order valence-corrected chi connectivity index (χ3v) is 19.5. The second-order valence-electron chi connectivity index (χ2n) is 27.0. The van der Waals surface area contributed by atoms with Crippen LogP contribution in [0.25, 0.3) is 0 Å². The van der Waals surface area contributed by atoms with E-state index in [1.165, 1.54) is 0 Å². The molecule has 9 saturated heterocycles. The predicted octanol–water partition coefficient (Wildman–Crippen LogP) is -19.6. The first-order chi connectivity index (χ1) is 50.6. The van der Waals surface area contributed by atoms with Crippen LogP contribution < -0.4 is 16.0 Å². The van der Waals surface area contributed by atoms with Crippen LogP contribution in [0.5, 0.6) is 0 Å². The van der Waals surface area contributed by atoms with Crippen molar-refractivity contribution in [1.29, 1.82) is 0 Å². The van der Waals surface area contributed by atoms with Crippen molar-refractivity contribution in [3.63, 3.8) is 0 Å². The van der Waals surface area contributed by atoms with Gasteiger partial charge in [0.2, 0.25) is 17.7 Å². The molecular formula is C59H99N3O45. The summed E-state index contributed by atoms with van der Waals surface area (Å²) in [5.74, 6) is -2.66. The molecule has 107 heavy (non-hydrogen) atoms. The van der Waals surface area contributed by atoms with Gasteiger partial charge in [0, 0.05) is 20.8 Å². The first kappa shape index (κ1) is 87.7. The van der Waals surface area contributed by atoms with Crippen LogP contribution in [0.3, 0.4) is 0 Å². The van der Waals surface area contributed by atoms with Gasteiger partial charge in [-0.1, -0.05) is 0 Å². The first-order valence-corrected chi connectivity index (χ1v) is 34.0. The highest BCUT2D eigenvalue weighted by Gasteiger charge is 2.61. The number of aliphatic hydroxyl groups excluding tert-OH is 25. The van der Waals surface area contributed by atoms with E-state index in [4.69, 9.17) is 80.5 Å². The second kappa shape index (κ2) is 38.2. The lowest BCUT2D eigenvalue weighted by atomic mass is 9.93. The Morgan fingerprint density at radius 1 is 0.280 bits per heavy atom. The zero-order valence-corrected chi connectivity index (χ0v) is 57.1. The third-order valence-electron chi connectivity index (χ3n) is 19.5. The quantitative estimate of drug-likeness (QED) is 0.0363. The van der Waals surface area contributed by atoms with Crippen molar-refractivity contribution in [2.24, 2.45) is 0 Å². The molecular weight excluding hydrogens is 1470 g/mol. The summed E-state index contributed by atoms with van der Waals surface area (Å²) >= 11 is 0. The fraction of sp³-hybridized carbons (Fsp3) is 0.949. The molecule has 0 bridgehead atoms. The first-order valence-electron chi connectivity index (χ1n) is 34.0. The standard InChI is InChI=1S/C59H99N3O45/c1-13(69)60-25-36(81)45(21(8-67)94-51(25)90)102-53-27(62-15(3)71)37(82)46(22(9-68)99-53)103-59-50(107-55-41(86)28(73)16(72)10-91-55)48(105-58-49(40(85)32(77)20(7-66)98-58)106-52-26(61-14(2)70)35(80)29(74)17(4-63)95-52)34(79)24(101-59)12-93-56-44(89)47(104-57-43(88)39(84)31(76)19(6-65)97-57)33(78)23(100-56)11-92-54-42(87)38(83)30(75)18(5-64)96-54/h16-59,63-68,72-90H,4-12H2,1-3H3,(H,60,69)(H,61,70)(H,62,71)/t16-,17-,18-,19-,20-,21-,22-,23-,24-,25-,26-,27-,28+,29-,30-,31-,32-,33-,34-,35-,36-,37-,38+,39+,40+,41-,42+,43+,44+,45-,46-,47+,48+,49+,50+,51-,52+,53+,54+,55+,56+,57-,58-,59+/m1/s1. The second-order valence-corrected chi connectivity index (χ2v) is 27.0. The van der Waals surface area contributed by atoms with Crippen LogP contribution >= 0.6 is 0 Å². The lowest BCUT2D eigenvalue weighted by Crippen LogP contribution is -2.71. The molecule has 0 spiro atoms. The number of carbonyl (C=O) groups excluding carboxylic acids is 3. The summed E-state index contributed by atoms with van der Waals surface area (Å²) in [5.41, 5.74) is 0. The van der Waals surface area contributed by atoms with E-state index < -0.39 is 347 Å². The van der Waals surface area contributed by atoms with Crippen molar-refractivity contribution in [3.05, 3.63) is 0 Å². The Bertz CT molecular complexity index is 2790. The van der Waals surface area contributed by atoms with Gasteiger partial charge in [-0.25, -0.2) is 0 Å². The maximum absolute atomic E-state index is 13.1. The maximum atomic E-state index is 13.1. The Kier molecular flexibility index (Phi) is 31.3. The van der Waals surface area contributed by atoms with Crippen LogP contribution in [-0.2, 0) is 94.9 Å². The highest BCUT2D eigenvalue weighted by atomic mass is 16.8. The fourth-order valence-electron chi connectivity index (χ4n) is 13.6. The van der Waals surface area contributed by atoms with Gasteiger partial charge in [-0.15, -0.1) is 0 Å². The van der Waals surface area contributed by atoms with Gasteiger partial charge in [-0.2, -0.15) is 0 Å². The highest BCUT2D eigenvalue weighted by molar-refractivity contribution is 5.74. The van der Waals surface area contributed by atoms with Gasteiger partial charge in [0.1, 0.15) is 213 Å². The molecule has 9 aliphatic heterocycles. The summed E-state index contributed by atoms with van der Waals surface area (Å²) < 4.78 is 101. The molecule has 48 nitrogen and oxygen atoms in total. The topological polar surface area (TPSA) is 750 Å². The van der Waals surface area contributed by atoms with Crippen molar-refractivity contribution >= 4 is 17.7 Å². The smallest absolute Gasteiger partial charge is 0.217 e. The molecule has 0 aromatic rings. The molecule has 0 aromatic carbocycles. The number of rotatable bonds is 27. The number of ether oxygens (including phenoxy) is 17. The van der Waals surface area contributed by atoms with Crippen LogP contribution in [0.15, 0.2) is 0 Å². The molecule has 0 aromatic heterocycles. The van der Waals surface area contributed by atoms with E-state index in [0.29, 0.717) is 0 Å². The number of hydrogen-bond acceptors (Lipinski definition) is 45. The lowest BCUT2D eigenvalue weighted by molar-refractivity contribution is -0.411. The van der Waals surface area contributed by atoms with E-state index in [1.54, 1.807) is 0 Å². The van der Waals surface area contributed by atoms with E-state index in [9.17, 15) is 142 Å². The van der Waals surface area contributed by atoms with Gasteiger partial charge < -0.3 is 224 Å². The summed E-state index contributed by atoms with van der Waals surface area (Å²) in [6, 6.07) is -5.48. The molecule has 9 rings (SSSR count). The lowest BCUT2D eigenvalue weighted by Gasteiger charge is -2.52. The Balaban J connectivity index is 1.13. The van der Waals surface area contributed by atoms with Gasteiger partial charge in [-0.3, -0.25) is 14.4 Å². The van der Waals surface area contributed by atoms with Gasteiger partial charge in [0.15, 0.2) is 56.6 Å². The third kappa shape index (κ3) is 19.4. The minimum Gasteiger partial charge on any atom is -0.394 e. The van der Waals surface area contributed by atoms with Crippen LogP contribution in [0.2, 0.25) is 0 Å². The molecule has 9 fully saturated rings. The number of aliphatic hydroxyl groups is 25. The molecule has 620 valence electrons. The summed E-state index contributed by atoms with van der Waals surface area (Å²) in [7, 11) is 0. The SMILES string of the molecule is CC(=O)N[C@@H]1[C@@H](O)[C@H](O[C@@H]2O[C@H](CO)[C@@H](O[C@@H]3O[C@H](CO[C@H]4O[C@H](CO[C@H]5O[C@H](CO)[C@@H](O)[C@H](O)[C@@H]5O)[C@@H](O)[C@H](O[C@H]5O[C@H](CO)[C@@H](O)[C@H](O)[C@@H]5O)[C@@H]4O)[C@@H](O)[C@H](O[C@H]4O[C@H](CO)[C@@H](O)[C@H](O)[C@@H]4O[C@@H]4O[C@H](CO)[C@@H](O)[C@H](O)[C@H]4NC(C)=O)[C@@H]3O[C@@H]3OC[C@@H](O)[C@H](O)[C@H]3O)[C@H](O)[C@H]2NC(C)=O)[C@@H](CO)O[C@H]1O. The van der Waals surface area contributed by atoms with E-state index in [1.807, 2.05) is 0 Å².